The quantitative estimate of drug-likeness (QED) is 0.543. The Hall–Kier alpha value is -2.96. The molecular weight excluding hydrogens is 480 g/mol. The van der Waals surface area contributed by atoms with Crippen LogP contribution in [0.3, 0.4) is 0 Å². The lowest BCUT2D eigenvalue weighted by Gasteiger charge is -2.30. The van der Waals surface area contributed by atoms with Gasteiger partial charge in [-0.3, -0.25) is 4.79 Å². The third kappa shape index (κ3) is 4.52. The van der Waals surface area contributed by atoms with Gasteiger partial charge in [-0.15, -0.1) is 11.3 Å². The monoisotopic (exact) mass is 504 g/mol. The zero-order valence-corrected chi connectivity index (χ0v) is 20.2. The molecule has 5 rings (SSSR count). The zero-order chi connectivity index (χ0) is 23.7. The molecule has 2 aliphatic rings. The number of hydrogen-bond donors (Lipinski definition) is 1. The molecule has 10 nitrogen and oxygen atoms in total. The SMILES string of the molecule is CCc1nc(-c2csc(S(=O)(=O)N3CCC(C(=O)Nc4ccc5c(c4)OCCO5)CC3)c2)no1. The molecule has 2 aliphatic heterocycles. The van der Waals surface area contributed by atoms with Crippen molar-refractivity contribution in [1.29, 1.82) is 0 Å². The summed E-state index contributed by atoms with van der Waals surface area (Å²) in [5.74, 6) is 1.74. The van der Waals surface area contributed by atoms with Crippen LogP contribution >= 0.6 is 11.3 Å². The highest BCUT2D eigenvalue weighted by Gasteiger charge is 2.33. The minimum atomic E-state index is -3.66. The van der Waals surface area contributed by atoms with E-state index < -0.39 is 10.0 Å². The third-order valence-corrected chi connectivity index (χ3v) is 9.15. The molecule has 0 radical (unpaired) electrons. The first-order valence-electron chi connectivity index (χ1n) is 11.1. The summed E-state index contributed by atoms with van der Waals surface area (Å²) in [6.07, 6.45) is 1.50. The van der Waals surface area contributed by atoms with Crippen LogP contribution in [0.5, 0.6) is 11.5 Å². The number of amides is 1. The number of sulfonamides is 1. The van der Waals surface area contributed by atoms with E-state index in [9.17, 15) is 13.2 Å². The number of hydrogen-bond acceptors (Lipinski definition) is 9. The van der Waals surface area contributed by atoms with Crippen LogP contribution in [0.15, 0.2) is 38.4 Å². The lowest BCUT2D eigenvalue weighted by atomic mass is 9.97. The first-order valence-corrected chi connectivity index (χ1v) is 13.4. The summed E-state index contributed by atoms with van der Waals surface area (Å²) in [4.78, 5) is 17.0. The van der Waals surface area contributed by atoms with Crippen LogP contribution in [0.25, 0.3) is 11.4 Å². The van der Waals surface area contributed by atoms with Gasteiger partial charge in [-0.2, -0.15) is 9.29 Å². The highest BCUT2D eigenvalue weighted by atomic mass is 32.2. The van der Waals surface area contributed by atoms with E-state index in [0.717, 1.165) is 11.3 Å². The molecule has 0 atom stereocenters. The van der Waals surface area contributed by atoms with Crippen LogP contribution in [0, 0.1) is 5.92 Å². The van der Waals surface area contributed by atoms with E-state index in [-0.39, 0.29) is 29.1 Å². The van der Waals surface area contributed by atoms with Crippen molar-refractivity contribution in [2.45, 2.75) is 30.4 Å². The van der Waals surface area contributed by atoms with Gasteiger partial charge in [0.25, 0.3) is 10.0 Å². The van der Waals surface area contributed by atoms with Gasteiger partial charge in [0.2, 0.25) is 17.6 Å². The molecule has 2 aromatic heterocycles. The predicted octanol–water partition coefficient (Wildman–Crippen LogP) is 3.17. The van der Waals surface area contributed by atoms with Gasteiger partial charge >= 0.3 is 0 Å². The molecule has 1 N–H and O–H groups in total. The van der Waals surface area contributed by atoms with Crippen LogP contribution in [0.2, 0.25) is 0 Å². The second-order valence-corrected chi connectivity index (χ2v) is 11.1. The summed E-state index contributed by atoms with van der Waals surface area (Å²) in [5.41, 5.74) is 1.24. The number of carbonyl (C=O) groups excluding carboxylic acids is 1. The fourth-order valence-electron chi connectivity index (χ4n) is 3.94. The smallest absolute Gasteiger partial charge is 0.252 e. The van der Waals surface area contributed by atoms with Crippen LogP contribution in [0.1, 0.15) is 25.7 Å². The highest BCUT2D eigenvalue weighted by Crippen LogP contribution is 2.34. The molecule has 1 saturated heterocycles. The van der Waals surface area contributed by atoms with Crippen molar-refractivity contribution in [3.8, 4) is 22.9 Å². The standard InChI is InChI=1S/C22H24N4O6S2/c1-2-19-24-21(25-32-19)15-11-20(33-13-15)34(28,29)26-7-5-14(6-8-26)22(27)23-16-3-4-17-18(12-16)31-10-9-30-17/h3-4,11-14H,2,5-10H2,1H3,(H,23,27). The van der Waals surface area contributed by atoms with Crippen molar-refractivity contribution < 1.29 is 27.2 Å². The molecule has 0 bridgehead atoms. The van der Waals surface area contributed by atoms with Gasteiger partial charge in [-0.1, -0.05) is 12.1 Å². The van der Waals surface area contributed by atoms with E-state index in [1.165, 1.54) is 4.31 Å². The van der Waals surface area contributed by atoms with Gasteiger partial charge in [-0.05, 0) is 31.0 Å². The summed E-state index contributed by atoms with van der Waals surface area (Å²) in [6.45, 7) is 3.43. The Morgan fingerprint density at radius 2 is 1.94 bits per heavy atom. The van der Waals surface area contributed by atoms with E-state index in [0.29, 0.717) is 66.9 Å². The predicted molar refractivity (Wildman–Crippen MR) is 125 cm³/mol. The average Bonchev–Trinajstić information content (AvgIpc) is 3.54. The van der Waals surface area contributed by atoms with Crippen LogP contribution < -0.4 is 14.8 Å². The Bertz CT molecular complexity index is 1290. The lowest BCUT2D eigenvalue weighted by molar-refractivity contribution is -0.120. The fourth-order valence-corrected chi connectivity index (χ4v) is 6.72. The third-order valence-electron chi connectivity index (χ3n) is 5.83. The number of piperidine rings is 1. The summed E-state index contributed by atoms with van der Waals surface area (Å²) >= 11 is 1.13. The van der Waals surface area contributed by atoms with Crippen molar-refractivity contribution in [2.24, 2.45) is 5.92 Å². The summed E-state index contributed by atoms with van der Waals surface area (Å²) < 4.78 is 44.1. The minimum Gasteiger partial charge on any atom is -0.486 e. The first kappa shape index (κ1) is 22.8. The van der Waals surface area contributed by atoms with Crippen molar-refractivity contribution in [1.82, 2.24) is 14.4 Å². The Labute approximate surface area is 200 Å². The van der Waals surface area contributed by atoms with Gasteiger partial charge in [0, 0.05) is 48.1 Å². The summed E-state index contributed by atoms with van der Waals surface area (Å²) in [7, 11) is -3.66. The van der Waals surface area contributed by atoms with Gasteiger partial charge in [-0.25, -0.2) is 8.42 Å². The molecule has 180 valence electrons. The molecule has 34 heavy (non-hydrogen) atoms. The number of anilines is 1. The molecule has 4 heterocycles. The highest BCUT2D eigenvalue weighted by molar-refractivity contribution is 7.91. The zero-order valence-electron chi connectivity index (χ0n) is 18.5. The van der Waals surface area contributed by atoms with Gasteiger partial charge in [0.1, 0.15) is 17.4 Å². The maximum absolute atomic E-state index is 13.1. The number of aromatic nitrogens is 2. The Kier molecular flexibility index (Phi) is 6.28. The number of thiophene rings is 1. The second-order valence-electron chi connectivity index (χ2n) is 8.05. The number of rotatable bonds is 6. The topological polar surface area (TPSA) is 124 Å². The fraction of sp³-hybridized carbons (Fsp3) is 0.409. The lowest BCUT2D eigenvalue weighted by Crippen LogP contribution is -2.41. The molecule has 3 aromatic rings. The molecule has 0 unspecified atom stereocenters. The number of ether oxygens (including phenoxy) is 2. The molecule has 1 fully saturated rings. The number of nitrogens with one attached hydrogen (secondary N) is 1. The maximum atomic E-state index is 13.1. The van der Waals surface area contributed by atoms with E-state index in [1.807, 2.05) is 6.92 Å². The Morgan fingerprint density at radius 1 is 1.18 bits per heavy atom. The van der Waals surface area contributed by atoms with Crippen molar-refractivity contribution >= 4 is 33.0 Å². The van der Waals surface area contributed by atoms with Crippen molar-refractivity contribution in [3.05, 3.63) is 35.5 Å². The molecule has 1 aromatic carbocycles. The van der Waals surface area contributed by atoms with Crippen LogP contribution in [0.4, 0.5) is 5.69 Å². The molecule has 1 amide bonds. The van der Waals surface area contributed by atoms with Crippen molar-refractivity contribution in [2.75, 3.05) is 31.6 Å². The number of fused-ring (bicyclic) bond motifs is 1. The normalized spacial score (nSPS) is 17.0. The van der Waals surface area contributed by atoms with E-state index in [1.54, 1.807) is 29.6 Å². The molecule has 0 aliphatic carbocycles. The van der Waals surface area contributed by atoms with Crippen molar-refractivity contribution in [3.63, 3.8) is 0 Å². The number of benzene rings is 1. The summed E-state index contributed by atoms with van der Waals surface area (Å²) in [5, 5.41) is 8.53. The second kappa shape index (κ2) is 9.35. The summed E-state index contributed by atoms with van der Waals surface area (Å²) in [6, 6.07) is 6.86. The number of carbonyl (C=O) groups is 1. The molecule has 0 saturated carbocycles. The maximum Gasteiger partial charge on any atom is 0.252 e. The largest absolute Gasteiger partial charge is 0.486 e. The van der Waals surface area contributed by atoms with E-state index in [2.05, 4.69) is 15.5 Å². The average molecular weight is 505 g/mol. The molecule has 0 spiro atoms. The number of nitrogens with zero attached hydrogens (tertiary/aromatic N) is 3. The van der Waals surface area contributed by atoms with E-state index in [4.69, 9.17) is 14.0 Å². The van der Waals surface area contributed by atoms with E-state index >= 15 is 0 Å². The van der Waals surface area contributed by atoms with Crippen LogP contribution in [-0.4, -0.2) is 55.1 Å². The Morgan fingerprint density at radius 3 is 2.68 bits per heavy atom. The minimum absolute atomic E-state index is 0.129. The van der Waals surface area contributed by atoms with Crippen LogP contribution in [-0.2, 0) is 21.2 Å². The van der Waals surface area contributed by atoms with Gasteiger partial charge < -0.3 is 19.3 Å². The molecular formula is C22H24N4O6S2. The van der Waals surface area contributed by atoms with Gasteiger partial charge in [0.05, 0.1) is 0 Å². The van der Waals surface area contributed by atoms with Gasteiger partial charge in [0.15, 0.2) is 11.5 Å². The first-order chi connectivity index (χ1) is 16.4. The number of aryl methyl sites for hydroxylation is 1. The molecule has 12 heteroatoms. The Balaban J connectivity index is 1.20.